The fourth-order valence-electron chi connectivity index (χ4n) is 5.75. The first kappa shape index (κ1) is 21.4. The third-order valence-corrected chi connectivity index (χ3v) is 8.66. The molecule has 0 amide bonds. The molecule has 0 atom stereocenters. The van der Waals surface area contributed by atoms with Crippen LogP contribution in [0.25, 0.3) is 70.0 Å². The maximum atomic E-state index is 4.98. The average molecular weight is 503 g/mol. The summed E-state index contributed by atoms with van der Waals surface area (Å²) < 4.78 is 5.05. The molecule has 0 bridgehead atoms. The second-order valence-electron chi connectivity index (χ2n) is 9.60. The van der Waals surface area contributed by atoms with Gasteiger partial charge in [-0.2, -0.15) is 0 Å². The molecule has 0 N–H and O–H groups in total. The van der Waals surface area contributed by atoms with Crippen LogP contribution in [0.5, 0.6) is 0 Å². The molecule has 5 aromatic carbocycles. The molecule has 3 heteroatoms. The highest BCUT2D eigenvalue weighted by Gasteiger charge is 2.20. The van der Waals surface area contributed by atoms with Gasteiger partial charge < -0.3 is 4.57 Å². The molecule has 0 saturated heterocycles. The van der Waals surface area contributed by atoms with Crippen LogP contribution in [-0.4, -0.2) is 9.55 Å². The van der Waals surface area contributed by atoms with Crippen LogP contribution in [0.2, 0.25) is 0 Å². The monoisotopic (exact) mass is 502 g/mol. The summed E-state index contributed by atoms with van der Waals surface area (Å²) in [5.74, 6) is 0. The first-order valence-electron chi connectivity index (χ1n) is 12.8. The first-order chi connectivity index (χ1) is 18.9. The van der Waals surface area contributed by atoms with Gasteiger partial charge in [-0.15, -0.1) is 11.3 Å². The molecular weight excluding hydrogens is 480 g/mol. The number of rotatable bonds is 3. The van der Waals surface area contributed by atoms with Crippen molar-refractivity contribution in [3.63, 3.8) is 0 Å². The summed E-state index contributed by atoms with van der Waals surface area (Å²) in [5, 5.41) is 5.18. The van der Waals surface area contributed by atoms with Gasteiger partial charge in [0.15, 0.2) is 0 Å². The molecule has 0 spiro atoms. The molecule has 0 radical (unpaired) electrons. The highest BCUT2D eigenvalue weighted by Crippen LogP contribution is 2.45. The van der Waals surface area contributed by atoms with Crippen molar-refractivity contribution in [3.05, 3.63) is 134 Å². The third-order valence-electron chi connectivity index (χ3n) is 7.46. The van der Waals surface area contributed by atoms with Gasteiger partial charge in [0.25, 0.3) is 0 Å². The fourth-order valence-corrected chi connectivity index (χ4v) is 7.00. The lowest BCUT2D eigenvalue weighted by molar-refractivity contribution is 1.18. The summed E-state index contributed by atoms with van der Waals surface area (Å²) in [6, 6.07) is 45.4. The van der Waals surface area contributed by atoms with Crippen LogP contribution < -0.4 is 0 Å². The second kappa shape index (κ2) is 8.41. The molecule has 8 rings (SSSR count). The number of aromatic nitrogens is 2. The molecule has 3 aromatic heterocycles. The number of benzene rings is 5. The molecule has 0 aliphatic heterocycles. The van der Waals surface area contributed by atoms with Gasteiger partial charge in [-0.25, -0.2) is 0 Å². The zero-order valence-corrected chi connectivity index (χ0v) is 21.3. The van der Waals surface area contributed by atoms with E-state index in [0.29, 0.717) is 0 Å². The highest BCUT2D eigenvalue weighted by molar-refractivity contribution is 7.26. The Hall–Kier alpha value is -4.73. The van der Waals surface area contributed by atoms with E-state index in [2.05, 4.69) is 126 Å². The van der Waals surface area contributed by atoms with E-state index in [9.17, 15) is 0 Å². The number of nitrogens with zero attached hydrogens (tertiary/aromatic N) is 2. The third kappa shape index (κ3) is 3.16. The maximum absolute atomic E-state index is 4.98. The van der Waals surface area contributed by atoms with E-state index in [4.69, 9.17) is 4.98 Å². The quantitative estimate of drug-likeness (QED) is 0.235. The normalized spacial score (nSPS) is 11.7. The van der Waals surface area contributed by atoms with E-state index >= 15 is 0 Å². The van der Waals surface area contributed by atoms with E-state index < -0.39 is 0 Å². The standard InChI is InChI=1S/C35H22N2S/c1-3-10-23(11-4-1)24-18-20-29(36-22-24)28-15-9-16-30-33(28)34-31(37(30)25-12-5-2-6-13-25)21-19-27-26-14-7-8-17-32(26)38-35(27)34/h1-22H. The minimum atomic E-state index is 0.987. The number of para-hydroxylation sites is 1. The Bertz CT molecular complexity index is 2100. The molecular formula is C35H22N2S. The van der Waals surface area contributed by atoms with Crippen LogP contribution in [0.4, 0.5) is 0 Å². The molecule has 0 saturated carbocycles. The Labute approximate surface area is 224 Å². The zero-order valence-electron chi connectivity index (χ0n) is 20.5. The Balaban J connectivity index is 1.48. The van der Waals surface area contributed by atoms with Crippen molar-refractivity contribution in [1.29, 1.82) is 0 Å². The molecule has 0 fully saturated rings. The van der Waals surface area contributed by atoms with E-state index in [1.54, 1.807) is 0 Å². The number of hydrogen-bond acceptors (Lipinski definition) is 2. The minimum Gasteiger partial charge on any atom is -0.309 e. The van der Waals surface area contributed by atoms with Gasteiger partial charge in [0.05, 0.1) is 16.7 Å². The van der Waals surface area contributed by atoms with Crippen molar-refractivity contribution in [2.45, 2.75) is 0 Å². The van der Waals surface area contributed by atoms with Gasteiger partial charge in [-0.05, 0) is 42.0 Å². The number of hydrogen-bond donors (Lipinski definition) is 0. The summed E-state index contributed by atoms with van der Waals surface area (Å²) in [4.78, 5) is 4.98. The predicted molar refractivity (Wildman–Crippen MR) is 162 cm³/mol. The van der Waals surface area contributed by atoms with Crippen molar-refractivity contribution >= 4 is 53.3 Å². The summed E-state index contributed by atoms with van der Waals surface area (Å²) in [6.07, 6.45) is 1.99. The lowest BCUT2D eigenvalue weighted by atomic mass is 10.0. The fraction of sp³-hybridized carbons (Fsp3) is 0. The minimum absolute atomic E-state index is 0.987. The van der Waals surface area contributed by atoms with Gasteiger partial charge in [0.2, 0.25) is 0 Å². The van der Waals surface area contributed by atoms with Crippen molar-refractivity contribution in [2.75, 3.05) is 0 Å². The summed E-state index contributed by atoms with van der Waals surface area (Å²) >= 11 is 1.88. The molecule has 0 aliphatic carbocycles. The van der Waals surface area contributed by atoms with Crippen LogP contribution in [0.1, 0.15) is 0 Å². The van der Waals surface area contributed by atoms with E-state index in [1.165, 1.54) is 47.5 Å². The summed E-state index contributed by atoms with van der Waals surface area (Å²) in [5.41, 5.74) is 8.03. The summed E-state index contributed by atoms with van der Waals surface area (Å²) in [6.45, 7) is 0. The molecule has 0 aliphatic rings. The molecule has 38 heavy (non-hydrogen) atoms. The Morgan fingerprint density at radius 1 is 0.526 bits per heavy atom. The number of thiophene rings is 1. The van der Waals surface area contributed by atoms with Gasteiger partial charge in [0.1, 0.15) is 0 Å². The molecule has 2 nitrogen and oxygen atoms in total. The number of fused-ring (bicyclic) bond motifs is 7. The van der Waals surface area contributed by atoms with Gasteiger partial charge in [-0.3, -0.25) is 4.98 Å². The van der Waals surface area contributed by atoms with E-state index in [0.717, 1.165) is 22.5 Å². The zero-order chi connectivity index (χ0) is 25.1. The lowest BCUT2D eigenvalue weighted by Gasteiger charge is -2.09. The average Bonchev–Trinajstić information content (AvgIpc) is 3.54. The van der Waals surface area contributed by atoms with Gasteiger partial charge in [0, 0.05) is 54.0 Å². The summed E-state index contributed by atoms with van der Waals surface area (Å²) in [7, 11) is 0. The Morgan fingerprint density at radius 2 is 1.29 bits per heavy atom. The van der Waals surface area contributed by atoms with Gasteiger partial charge >= 0.3 is 0 Å². The van der Waals surface area contributed by atoms with E-state index in [1.807, 2.05) is 23.6 Å². The topological polar surface area (TPSA) is 17.8 Å². The Morgan fingerprint density at radius 3 is 2.11 bits per heavy atom. The van der Waals surface area contributed by atoms with Crippen LogP contribution in [-0.2, 0) is 0 Å². The molecule has 178 valence electrons. The SMILES string of the molecule is c1ccc(-c2ccc(-c3cccc4c3c3c5sc6ccccc6c5ccc3n4-c3ccccc3)nc2)cc1. The van der Waals surface area contributed by atoms with E-state index in [-0.39, 0.29) is 0 Å². The molecule has 8 aromatic rings. The van der Waals surface area contributed by atoms with Crippen molar-refractivity contribution in [3.8, 4) is 28.1 Å². The smallest absolute Gasteiger partial charge is 0.0709 e. The highest BCUT2D eigenvalue weighted by atomic mass is 32.1. The van der Waals surface area contributed by atoms with Crippen LogP contribution in [0.3, 0.4) is 0 Å². The largest absolute Gasteiger partial charge is 0.309 e. The number of pyridine rings is 1. The predicted octanol–water partition coefficient (Wildman–Crippen LogP) is 9.88. The maximum Gasteiger partial charge on any atom is 0.0709 e. The van der Waals surface area contributed by atoms with Crippen molar-refractivity contribution in [1.82, 2.24) is 9.55 Å². The van der Waals surface area contributed by atoms with Gasteiger partial charge in [-0.1, -0.05) is 91.0 Å². The van der Waals surface area contributed by atoms with Crippen LogP contribution >= 0.6 is 11.3 Å². The lowest BCUT2D eigenvalue weighted by Crippen LogP contribution is -1.93. The second-order valence-corrected chi connectivity index (χ2v) is 10.7. The first-order valence-corrected chi connectivity index (χ1v) is 13.6. The van der Waals surface area contributed by atoms with Crippen LogP contribution in [0.15, 0.2) is 134 Å². The van der Waals surface area contributed by atoms with Crippen molar-refractivity contribution in [2.24, 2.45) is 0 Å². The van der Waals surface area contributed by atoms with Crippen molar-refractivity contribution < 1.29 is 0 Å². The Kier molecular flexibility index (Phi) is 4.73. The molecule has 0 unspecified atom stereocenters. The molecule has 3 heterocycles. The van der Waals surface area contributed by atoms with Crippen LogP contribution in [0, 0.1) is 0 Å².